The van der Waals surface area contributed by atoms with Crippen LogP contribution in [0.15, 0.2) is 51.6 Å². The molecule has 7 nitrogen and oxygen atoms in total. The first-order valence-electron chi connectivity index (χ1n) is 7.35. The van der Waals surface area contributed by atoms with Crippen molar-refractivity contribution in [2.45, 2.75) is 6.54 Å². The molecule has 1 aliphatic rings. The van der Waals surface area contributed by atoms with E-state index < -0.39 is 0 Å². The summed E-state index contributed by atoms with van der Waals surface area (Å²) in [5, 5.41) is 3.82. The lowest BCUT2D eigenvalue weighted by Crippen LogP contribution is -2.26. The second-order valence-corrected chi connectivity index (χ2v) is 5.40. The fourth-order valence-electron chi connectivity index (χ4n) is 2.49. The van der Waals surface area contributed by atoms with Crippen molar-refractivity contribution in [2.75, 3.05) is 13.8 Å². The van der Waals surface area contributed by atoms with Gasteiger partial charge in [-0.15, -0.1) is 0 Å². The fourth-order valence-corrected chi connectivity index (χ4v) is 2.49. The summed E-state index contributed by atoms with van der Waals surface area (Å²) in [5.41, 5.74) is 1.16. The van der Waals surface area contributed by atoms with Crippen molar-refractivity contribution in [1.82, 2.24) is 10.1 Å². The van der Waals surface area contributed by atoms with Crippen LogP contribution in [0, 0.1) is 0 Å². The van der Waals surface area contributed by atoms with Crippen LogP contribution in [0.25, 0.3) is 11.5 Å². The average Bonchev–Trinajstić information content (AvgIpc) is 3.32. The topological polar surface area (TPSA) is 77.9 Å². The Morgan fingerprint density at radius 3 is 2.88 bits per heavy atom. The number of hydrogen-bond donors (Lipinski definition) is 0. The number of benzene rings is 1. The van der Waals surface area contributed by atoms with E-state index in [0.717, 1.165) is 5.56 Å². The summed E-state index contributed by atoms with van der Waals surface area (Å²) in [6.07, 6.45) is 1.53. The van der Waals surface area contributed by atoms with Crippen LogP contribution in [0.4, 0.5) is 0 Å². The third kappa shape index (κ3) is 2.60. The molecule has 1 aromatic carbocycles. The van der Waals surface area contributed by atoms with Crippen molar-refractivity contribution in [3.05, 3.63) is 53.9 Å². The third-order valence-electron chi connectivity index (χ3n) is 3.70. The Hall–Kier alpha value is -3.22. The van der Waals surface area contributed by atoms with E-state index in [-0.39, 0.29) is 18.4 Å². The number of furan rings is 1. The van der Waals surface area contributed by atoms with E-state index in [1.807, 2.05) is 18.2 Å². The van der Waals surface area contributed by atoms with E-state index in [2.05, 4.69) is 5.16 Å². The number of ether oxygens (including phenoxy) is 2. The summed E-state index contributed by atoms with van der Waals surface area (Å²) in [5.74, 6) is 2.11. The molecule has 0 fully saturated rings. The van der Waals surface area contributed by atoms with E-state index in [0.29, 0.717) is 29.6 Å². The van der Waals surface area contributed by atoms with Crippen LogP contribution < -0.4 is 9.47 Å². The summed E-state index contributed by atoms with van der Waals surface area (Å²) < 4.78 is 21.0. The lowest BCUT2D eigenvalue weighted by Gasteiger charge is -2.15. The summed E-state index contributed by atoms with van der Waals surface area (Å²) in [6, 6.07) is 10.6. The lowest BCUT2D eigenvalue weighted by molar-refractivity contribution is 0.0774. The highest BCUT2D eigenvalue weighted by Crippen LogP contribution is 2.32. The summed E-state index contributed by atoms with van der Waals surface area (Å²) in [7, 11) is 1.70. The SMILES string of the molecule is CN(Cc1ccc2c(c1)OCO2)C(=O)c1cc(-c2ccco2)on1. The molecule has 3 aromatic rings. The van der Waals surface area contributed by atoms with Crippen molar-refractivity contribution < 1.29 is 23.2 Å². The molecule has 2 aromatic heterocycles. The molecule has 1 amide bonds. The fraction of sp³-hybridized carbons (Fsp3) is 0.176. The van der Waals surface area contributed by atoms with Crippen LogP contribution in [0.1, 0.15) is 16.1 Å². The third-order valence-corrected chi connectivity index (χ3v) is 3.70. The lowest BCUT2D eigenvalue weighted by atomic mass is 10.2. The molecule has 7 heteroatoms. The largest absolute Gasteiger partial charge is 0.461 e. The van der Waals surface area contributed by atoms with Crippen LogP contribution in [-0.4, -0.2) is 29.8 Å². The molecular formula is C17H14N2O5. The number of fused-ring (bicyclic) bond motifs is 1. The minimum Gasteiger partial charge on any atom is -0.461 e. The van der Waals surface area contributed by atoms with Crippen LogP contribution in [0.2, 0.25) is 0 Å². The molecule has 0 spiro atoms. The molecule has 24 heavy (non-hydrogen) atoms. The van der Waals surface area contributed by atoms with E-state index in [4.69, 9.17) is 18.4 Å². The van der Waals surface area contributed by atoms with Gasteiger partial charge in [-0.05, 0) is 29.8 Å². The molecule has 0 aliphatic carbocycles. The molecule has 3 heterocycles. The van der Waals surface area contributed by atoms with Gasteiger partial charge in [-0.3, -0.25) is 4.79 Å². The minimum absolute atomic E-state index is 0.224. The smallest absolute Gasteiger partial charge is 0.276 e. The van der Waals surface area contributed by atoms with Crippen molar-refractivity contribution in [3.8, 4) is 23.0 Å². The Morgan fingerprint density at radius 2 is 2.04 bits per heavy atom. The Kier molecular flexibility index (Phi) is 3.45. The molecule has 0 saturated carbocycles. The summed E-state index contributed by atoms with van der Waals surface area (Å²) >= 11 is 0. The zero-order chi connectivity index (χ0) is 16.5. The highest BCUT2D eigenvalue weighted by molar-refractivity contribution is 5.92. The second kappa shape index (κ2) is 5.77. The van der Waals surface area contributed by atoms with E-state index in [9.17, 15) is 4.79 Å². The Morgan fingerprint density at radius 1 is 1.17 bits per heavy atom. The van der Waals surface area contributed by atoms with Crippen LogP contribution in [-0.2, 0) is 6.54 Å². The normalized spacial score (nSPS) is 12.4. The van der Waals surface area contributed by atoms with E-state index in [1.165, 1.54) is 6.26 Å². The van der Waals surface area contributed by atoms with Crippen molar-refractivity contribution >= 4 is 5.91 Å². The van der Waals surface area contributed by atoms with Crippen molar-refractivity contribution in [2.24, 2.45) is 0 Å². The molecule has 0 saturated heterocycles. The van der Waals surface area contributed by atoms with Crippen molar-refractivity contribution in [3.63, 3.8) is 0 Å². The van der Waals surface area contributed by atoms with Crippen molar-refractivity contribution in [1.29, 1.82) is 0 Å². The second-order valence-electron chi connectivity index (χ2n) is 5.40. The number of nitrogens with zero attached hydrogens (tertiary/aromatic N) is 2. The number of aromatic nitrogens is 1. The van der Waals surface area contributed by atoms with Gasteiger partial charge < -0.3 is 23.3 Å². The standard InChI is InChI=1S/C17H14N2O5/c1-19(9-11-4-5-14-15(7-11)23-10-22-14)17(20)12-8-16(24-18-12)13-3-2-6-21-13/h2-8H,9-10H2,1H3. The van der Waals surface area contributed by atoms with E-state index >= 15 is 0 Å². The van der Waals surface area contributed by atoms with Crippen LogP contribution in [0.5, 0.6) is 11.5 Å². The quantitative estimate of drug-likeness (QED) is 0.733. The Labute approximate surface area is 137 Å². The number of hydrogen-bond acceptors (Lipinski definition) is 6. The molecule has 0 unspecified atom stereocenters. The van der Waals surface area contributed by atoms with Gasteiger partial charge in [0.2, 0.25) is 12.6 Å². The highest BCUT2D eigenvalue weighted by atomic mass is 16.7. The van der Waals surface area contributed by atoms with Gasteiger partial charge in [-0.2, -0.15) is 0 Å². The Bertz CT molecular complexity index is 869. The maximum Gasteiger partial charge on any atom is 0.276 e. The van der Waals surface area contributed by atoms with Gasteiger partial charge in [0.05, 0.1) is 6.26 Å². The van der Waals surface area contributed by atoms with Gasteiger partial charge in [0, 0.05) is 19.7 Å². The molecule has 122 valence electrons. The van der Waals surface area contributed by atoms with Crippen LogP contribution in [0.3, 0.4) is 0 Å². The Balaban J connectivity index is 1.48. The molecule has 0 radical (unpaired) electrons. The van der Waals surface area contributed by atoms with E-state index in [1.54, 1.807) is 30.1 Å². The van der Waals surface area contributed by atoms with Gasteiger partial charge in [0.1, 0.15) is 0 Å². The van der Waals surface area contributed by atoms with Gasteiger partial charge >= 0.3 is 0 Å². The number of carbonyl (C=O) groups is 1. The first kappa shape index (κ1) is 14.4. The van der Waals surface area contributed by atoms with Gasteiger partial charge in [0.25, 0.3) is 5.91 Å². The molecule has 0 atom stereocenters. The number of rotatable bonds is 4. The zero-order valence-corrected chi connectivity index (χ0v) is 12.9. The monoisotopic (exact) mass is 326 g/mol. The van der Waals surface area contributed by atoms with Crippen LogP contribution >= 0.6 is 0 Å². The first-order chi connectivity index (χ1) is 11.7. The molecule has 0 bridgehead atoms. The van der Waals surface area contributed by atoms with Gasteiger partial charge in [0.15, 0.2) is 23.0 Å². The van der Waals surface area contributed by atoms with Gasteiger partial charge in [-0.25, -0.2) is 0 Å². The predicted octanol–water partition coefficient (Wildman–Crippen LogP) is 2.94. The molecule has 1 aliphatic heterocycles. The summed E-state index contributed by atoms with van der Waals surface area (Å²) in [6.45, 7) is 0.639. The summed E-state index contributed by atoms with van der Waals surface area (Å²) in [4.78, 5) is 14.0. The number of carbonyl (C=O) groups excluding carboxylic acids is 1. The minimum atomic E-state index is -0.241. The maximum absolute atomic E-state index is 12.5. The maximum atomic E-state index is 12.5. The highest BCUT2D eigenvalue weighted by Gasteiger charge is 2.20. The molecule has 0 N–H and O–H groups in total. The zero-order valence-electron chi connectivity index (χ0n) is 12.9. The first-order valence-corrected chi connectivity index (χ1v) is 7.35. The van der Waals surface area contributed by atoms with Gasteiger partial charge in [-0.1, -0.05) is 11.2 Å². The molecule has 4 rings (SSSR count). The average molecular weight is 326 g/mol. The molecular weight excluding hydrogens is 312 g/mol. The number of amides is 1. The predicted molar refractivity (Wildman–Crippen MR) is 82.6 cm³/mol.